The Kier molecular flexibility index (Phi) is 18.6. The fraction of sp³-hybridized carbons (Fsp3) is 0.424. The largest absolute Gasteiger partial charge is 0.481 e. The summed E-state index contributed by atoms with van der Waals surface area (Å²) in [5, 5.41) is 34.1. The third kappa shape index (κ3) is 17.0. The number of carboxylic acids is 2. The molecule has 0 spiro atoms. The van der Waals surface area contributed by atoms with Crippen molar-refractivity contribution in [2.24, 2.45) is 0 Å². The Labute approximate surface area is 275 Å². The van der Waals surface area contributed by atoms with Crippen LogP contribution < -0.4 is 16.0 Å². The number of nitrogens with one attached hydrogen (secondary N) is 3. The van der Waals surface area contributed by atoms with E-state index in [-0.39, 0.29) is 24.7 Å². The van der Waals surface area contributed by atoms with Gasteiger partial charge in [0.05, 0.1) is 36.2 Å². The Balaban J connectivity index is 0.00000122. The standard InChI is InChI=1S/C29H38N8O2.C4H6O4/c1-6-17-31-27-24(21-33-29(35-27)34-25-15-13-23(20-30)14-16-25)11-8-7-9-18-32-28(39)22(2)37(5)26(38)12-10-19-36(3)4;5-3(6)1-2-4(7)8/h10,12-16,21-22H,6-7,9,17-19H2,1-5H3,(H,32,39)(H2,31,33,34,35);1-2H2,(H,5,6)(H,7,8)/b12-10+;/t22-;/m0./s1. The summed E-state index contributed by atoms with van der Waals surface area (Å²) in [6.45, 7) is 5.64. The number of rotatable bonds is 16. The first-order valence-electron chi connectivity index (χ1n) is 15.0. The van der Waals surface area contributed by atoms with Crippen LogP contribution in [-0.2, 0) is 19.2 Å². The van der Waals surface area contributed by atoms with Gasteiger partial charge in [0.15, 0.2) is 0 Å². The first-order valence-corrected chi connectivity index (χ1v) is 15.0. The maximum atomic E-state index is 12.4. The zero-order chi connectivity index (χ0) is 35.2. The van der Waals surface area contributed by atoms with E-state index in [2.05, 4.69) is 50.8 Å². The van der Waals surface area contributed by atoms with Crippen LogP contribution in [0.4, 0.5) is 17.5 Å². The fourth-order valence-electron chi connectivity index (χ4n) is 3.43. The molecule has 1 atom stereocenters. The molecule has 0 bridgehead atoms. The number of amides is 2. The van der Waals surface area contributed by atoms with Crippen molar-refractivity contribution in [3.8, 4) is 17.9 Å². The highest BCUT2D eigenvalue weighted by atomic mass is 16.4. The number of aromatic nitrogens is 2. The maximum absolute atomic E-state index is 12.4. The van der Waals surface area contributed by atoms with Gasteiger partial charge in [-0.3, -0.25) is 19.2 Å². The maximum Gasteiger partial charge on any atom is 0.303 e. The first kappa shape index (κ1) is 39.6. The number of carboxylic acid groups (broad SMARTS) is 2. The van der Waals surface area contributed by atoms with Crippen molar-refractivity contribution in [2.45, 2.75) is 52.0 Å². The molecule has 14 heteroatoms. The van der Waals surface area contributed by atoms with Crippen molar-refractivity contribution in [1.82, 2.24) is 25.1 Å². The van der Waals surface area contributed by atoms with Crippen LogP contribution in [0.1, 0.15) is 57.1 Å². The van der Waals surface area contributed by atoms with E-state index < -0.39 is 18.0 Å². The van der Waals surface area contributed by atoms with E-state index in [1.54, 1.807) is 50.5 Å². The molecule has 1 heterocycles. The zero-order valence-electron chi connectivity index (χ0n) is 27.5. The number of likely N-dealkylation sites (N-methyl/N-ethyl adjacent to an activating group) is 2. The second kappa shape index (κ2) is 22.1. The predicted octanol–water partition coefficient (Wildman–Crippen LogP) is 3.06. The SMILES string of the molecule is CCCNc1nc(Nc2ccc(C#N)cc2)ncc1C#CCCCNC(=O)[C@H](C)N(C)C(=O)/C=C/CN(C)C.O=C(O)CCC(=O)O. The number of carbonyl (C=O) groups is 4. The van der Waals surface area contributed by atoms with Gasteiger partial charge in [-0.15, -0.1) is 0 Å². The summed E-state index contributed by atoms with van der Waals surface area (Å²) >= 11 is 0. The molecule has 0 unspecified atom stereocenters. The van der Waals surface area contributed by atoms with Gasteiger partial charge >= 0.3 is 11.9 Å². The lowest BCUT2D eigenvalue weighted by Crippen LogP contribution is -2.45. The Morgan fingerprint density at radius 2 is 1.70 bits per heavy atom. The lowest BCUT2D eigenvalue weighted by molar-refractivity contribution is -0.143. The van der Waals surface area contributed by atoms with Crippen LogP contribution in [-0.4, -0.2) is 101 Å². The number of hydrogen-bond acceptors (Lipinski definition) is 10. The van der Waals surface area contributed by atoms with E-state index in [0.29, 0.717) is 48.8 Å². The molecule has 14 nitrogen and oxygen atoms in total. The first-order chi connectivity index (χ1) is 22.4. The van der Waals surface area contributed by atoms with Crippen molar-refractivity contribution in [3.05, 3.63) is 53.7 Å². The van der Waals surface area contributed by atoms with E-state index in [4.69, 9.17) is 15.5 Å². The van der Waals surface area contributed by atoms with E-state index in [0.717, 1.165) is 18.7 Å². The molecule has 1 aromatic carbocycles. The van der Waals surface area contributed by atoms with Gasteiger partial charge in [0.2, 0.25) is 17.8 Å². The number of anilines is 3. The van der Waals surface area contributed by atoms with Crippen molar-refractivity contribution in [3.63, 3.8) is 0 Å². The summed E-state index contributed by atoms with van der Waals surface area (Å²) in [6, 6.07) is 8.57. The van der Waals surface area contributed by atoms with E-state index in [1.165, 1.54) is 11.0 Å². The Morgan fingerprint density at radius 3 is 2.28 bits per heavy atom. The van der Waals surface area contributed by atoms with Crippen molar-refractivity contribution >= 4 is 41.2 Å². The van der Waals surface area contributed by atoms with Gasteiger partial charge in [-0.05, 0) is 58.1 Å². The van der Waals surface area contributed by atoms with Gasteiger partial charge in [0.1, 0.15) is 11.9 Å². The average Bonchev–Trinajstić information content (AvgIpc) is 3.04. The summed E-state index contributed by atoms with van der Waals surface area (Å²) in [4.78, 5) is 56.3. The lowest BCUT2D eigenvalue weighted by atomic mass is 10.2. The molecular weight excluding hydrogens is 604 g/mol. The molecule has 252 valence electrons. The van der Waals surface area contributed by atoms with Crippen molar-refractivity contribution < 1.29 is 29.4 Å². The molecule has 2 aromatic rings. The number of nitrogens with zero attached hydrogens (tertiary/aromatic N) is 5. The van der Waals surface area contributed by atoms with Crippen LogP contribution in [0.3, 0.4) is 0 Å². The minimum absolute atomic E-state index is 0.204. The molecule has 0 saturated carbocycles. The summed E-state index contributed by atoms with van der Waals surface area (Å²) in [5.74, 6) is 4.75. The topological polar surface area (TPSA) is 201 Å². The normalized spacial score (nSPS) is 10.8. The van der Waals surface area contributed by atoms with E-state index in [9.17, 15) is 19.2 Å². The minimum Gasteiger partial charge on any atom is -0.481 e. The molecule has 0 saturated heterocycles. The highest BCUT2D eigenvalue weighted by molar-refractivity contribution is 5.92. The van der Waals surface area contributed by atoms with E-state index in [1.807, 2.05) is 19.0 Å². The third-order valence-corrected chi connectivity index (χ3v) is 6.19. The quantitative estimate of drug-likeness (QED) is 0.101. The number of nitriles is 1. The second-order valence-corrected chi connectivity index (χ2v) is 10.5. The Morgan fingerprint density at radius 1 is 1.04 bits per heavy atom. The molecule has 0 aliphatic carbocycles. The smallest absolute Gasteiger partial charge is 0.303 e. The number of hydrogen-bond donors (Lipinski definition) is 5. The number of carbonyl (C=O) groups excluding carboxylic acids is 2. The van der Waals surface area contributed by atoms with Gasteiger partial charge < -0.3 is 36.0 Å². The second-order valence-electron chi connectivity index (χ2n) is 10.5. The minimum atomic E-state index is -1.08. The van der Waals surface area contributed by atoms with Crippen LogP contribution >= 0.6 is 0 Å². The Hall–Kier alpha value is -5.47. The fourth-order valence-corrected chi connectivity index (χ4v) is 3.43. The third-order valence-electron chi connectivity index (χ3n) is 6.19. The summed E-state index contributed by atoms with van der Waals surface area (Å²) in [5.41, 5.74) is 2.05. The van der Waals surface area contributed by atoms with Crippen molar-refractivity contribution in [2.75, 3.05) is 51.4 Å². The predicted molar refractivity (Wildman–Crippen MR) is 179 cm³/mol. The van der Waals surface area contributed by atoms with Gasteiger partial charge in [-0.1, -0.05) is 24.8 Å². The van der Waals surface area contributed by atoms with Gasteiger partial charge in [-0.25, -0.2) is 4.98 Å². The lowest BCUT2D eigenvalue weighted by Gasteiger charge is -2.23. The van der Waals surface area contributed by atoms with Gasteiger partial charge in [-0.2, -0.15) is 10.2 Å². The molecule has 0 aliphatic rings. The van der Waals surface area contributed by atoms with Crippen LogP contribution in [0.2, 0.25) is 0 Å². The molecule has 5 N–H and O–H groups in total. The molecule has 2 amide bonds. The summed E-state index contributed by atoms with van der Waals surface area (Å²) < 4.78 is 0. The molecule has 2 rings (SSSR count). The van der Waals surface area contributed by atoms with Crippen LogP contribution in [0.5, 0.6) is 0 Å². The number of aliphatic carboxylic acids is 2. The molecule has 47 heavy (non-hydrogen) atoms. The number of benzene rings is 1. The highest BCUT2D eigenvalue weighted by Gasteiger charge is 2.20. The molecule has 1 aromatic heterocycles. The highest BCUT2D eigenvalue weighted by Crippen LogP contribution is 2.18. The average molecular weight is 649 g/mol. The van der Waals surface area contributed by atoms with E-state index >= 15 is 0 Å². The van der Waals surface area contributed by atoms with Gasteiger partial charge in [0, 0.05) is 44.9 Å². The van der Waals surface area contributed by atoms with Crippen LogP contribution in [0, 0.1) is 23.2 Å². The Bertz CT molecular complexity index is 1440. The molecule has 0 radical (unpaired) electrons. The molecule has 0 fully saturated rings. The zero-order valence-corrected chi connectivity index (χ0v) is 27.5. The van der Waals surface area contributed by atoms with Crippen LogP contribution in [0.15, 0.2) is 42.6 Å². The molecular formula is C33H44N8O6. The molecule has 0 aliphatic heterocycles. The summed E-state index contributed by atoms with van der Waals surface area (Å²) in [6.07, 6.45) is 6.52. The monoisotopic (exact) mass is 648 g/mol. The van der Waals surface area contributed by atoms with Crippen molar-refractivity contribution in [1.29, 1.82) is 5.26 Å². The summed E-state index contributed by atoms with van der Waals surface area (Å²) in [7, 11) is 5.46. The van der Waals surface area contributed by atoms with Gasteiger partial charge in [0.25, 0.3) is 0 Å². The number of unbranched alkanes of at least 4 members (excludes halogenated alkanes) is 1. The van der Waals surface area contributed by atoms with Crippen LogP contribution in [0.25, 0.3) is 0 Å².